The van der Waals surface area contributed by atoms with Crippen molar-refractivity contribution in [1.29, 1.82) is 0 Å². The van der Waals surface area contributed by atoms with Gasteiger partial charge in [-0.2, -0.15) is 0 Å². The van der Waals surface area contributed by atoms with Crippen LogP contribution in [-0.2, 0) is 0 Å². The Morgan fingerprint density at radius 1 is 1.58 bits per heavy atom. The Morgan fingerprint density at radius 2 is 2.31 bits per heavy atom. The van der Waals surface area contributed by atoms with Gasteiger partial charge in [0.15, 0.2) is 11.6 Å². The van der Waals surface area contributed by atoms with Gasteiger partial charge in [-0.3, -0.25) is 9.80 Å². The maximum Gasteiger partial charge on any atom is 0.341 e. The van der Waals surface area contributed by atoms with Crippen LogP contribution in [0.5, 0.6) is 5.75 Å². The minimum atomic E-state index is -1.37. The number of carboxylic acids is 1. The highest BCUT2D eigenvalue weighted by molar-refractivity contribution is 5.97. The largest absolute Gasteiger partial charge is 0.487 e. The zero-order valence-corrected chi connectivity index (χ0v) is 14.2. The third-order valence-corrected chi connectivity index (χ3v) is 4.27. The van der Waals surface area contributed by atoms with Gasteiger partial charge in [0.2, 0.25) is 5.43 Å². The summed E-state index contributed by atoms with van der Waals surface area (Å²) in [6.07, 6.45) is 1.26. The zero-order valence-electron chi connectivity index (χ0n) is 14.2. The molecule has 2 aromatic rings. The Kier molecular flexibility index (Phi) is 4.49. The van der Waals surface area contributed by atoms with Crippen molar-refractivity contribution in [3.8, 4) is 5.75 Å². The third-order valence-electron chi connectivity index (χ3n) is 4.27. The number of pyridine rings is 1. The van der Waals surface area contributed by atoms with Gasteiger partial charge in [0, 0.05) is 19.8 Å². The number of aromatic carboxylic acids is 1. The molecule has 1 aromatic heterocycles. The molecule has 1 aromatic carbocycles. The summed E-state index contributed by atoms with van der Waals surface area (Å²) in [5.74, 6) is -1.96. The van der Waals surface area contributed by atoms with Crippen LogP contribution in [0.25, 0.3) is 10.9 Å². The minimum absolute atomic E-state index is 0.0545. The fourth-order valence-electron chi connectivity index (χ4n) is 2.93. The molecule has 1 aliphatic rings. The number of aromatic nitrogens is 1. The molecule has 3 rings (SSSR count). The van der Waals surface area contributed by atoms with Gasteiger partial charge in [-0.25, -0.2) is 9.18 Å². The van der Waals surface area contributed by atoms with E-state index in [0.717, 1.165) is 11.1 Å². The average Bonchev–Trinajstić information content (AvgIpc) is 2.60. The summed E-state index contributed by atoms with van der Waals surface area (Å²) in [4.78, 5) is 34.2. The number of nitrogens with zero attached hydrogens (tertiary/aromatic N) is 3. The SMILES string of the molecule is C[C@@H]1COc2c(NCCN(C)N=O)c(F)cc3c(=O)c(C(=O)O)cn1c23. The van der Waals surface area contributed by atoms with Crippen LogP contribution >= 0.6 is 0 Å². The average molecular weight is 364 g/mol. The van der Waals surface area contributed by atoms with E-state index in [0.29, 0.717) is 5.52 Å². The Labute approximate surface area is 146 Å². The van der Waals surface area contributed by atoms with E-state index in [4.69, 9.17) is 4.74 Å². The van der Waals surface area contributed by atoms with Crippen molar-refractivity contribution in [2.75, 3.05) is 32.1 Å². The lowest BCUT2D eigenvalue weighted by Crippen LogP contribution is -2.27. The molecule has 0 saturated carbocycles. The third kappa shape index (κ3) is 2.83. The van der Waals surface area contributed by atoms with Crippen LogP contribution in [0.15, 0.2) is 22.3 Å². The van der Waals surface area contributed by atoms with Gasteiger partial charge in [0.05, 0.1) is 28.8 Å². The second-order valence-electron chi connectivity index (χ2n) is 6.09. The maximum absolute atomic E-state index is 14.6. The lowest BCUT2D eigenvalue weighted by atomic mass is 10.1. The van der Waals surface area contributed by atoms with Gasteiger partial charge in [-0.1, -0.05) is 0 Å². The highest BCUT2D eigenvalue weighted by Crippen LogP contribution is 2.39. The monoisotopic (exact) mass is 364 g/mol. The van der Waals surface area contributed by atoms with E-state index in [1.165, 1.54) is 13.2 Å². The lowest BCUT2D eigenvalue weighted by molar-refractivity contribution is 0.0694. The van der Waals surface area contributed by atoms with E-state index in [2.05, 4.69) is 10.6 Å². The number of nitroso groups, excluding NO2 is 1. The molecule has 0 unspecified atom stereocenters. The number of carbonyl (C=O) groups is 1. The Balaban J connectivity index is 2.17. The van der Waals surface area contributed by atoms with Gasteiger partial charge >= 0.3 is 5.97 Å². The molecule has 0 radical (unpaired) electrons. The predicted octanol–water partition coefficient (Wildman–Crippen LogP) is 1.82. The number of hydrogen-bond donors (Lipinski definition) is 2. The summed E-state index contributed by atoms with van der Waals surface area (Å²) in [5, 5.41) is 15.9. The zero-order chi connectivity index (χ0) is 19.0. The summed E-state index contributed by atoms with van der Waals surface area (Å²) < 4.78 is 21.9. The molecule has 1 atom stereocenters. The second-order valence-corrected chi connectivity index (χ2v) is 6.09. The fourth-order valence-corrected chi connectivity index (χ4v) is 2.93. The first kappa shape index (κ1) is 17.6. The van der Waals surface area contributed by atoms with Gasteiger partial charge < -0.3 is 19.7 Å². The summed E-state index contributed by atoms with van der Waals surface area (Å²) in [5.41, 5.74) is -0.793. The van der Waals surface area contributed by atoms with Crippen molar-refractivity contribution in [1.82, 2.24) is 9.58 Å². The highest BCUT2D eigenvalue weighted by atomic mass is 19.1. The number of carboxylic acid groups (broad SMARTS) is 1. The van der Waals surface area contributed by atoms with Crippen LogP contribution in [0, 0.1) is 10.7 Å². The predicted molar refractivity (Wildman–Crippen MR) is 92.2 cm³/mol. The molecular formula is C16H17FN4O5. The molecule has 0 saturated heterocycles. The number of likely N-dealkylation sites (N-methyl/N-ethyl adjacent to an activating group) is 1. The van der Waals surface area contributed by atoms with E-state index >= 15 is 0 Å². The fraction of sp³-hybridized carbons (Fsp3) is 0.375. The molecule has 26 heavy (non-hydrogen) atoms. The molecule has 10 heteroatoms. The van der Waals surface area contributed by atoms with E-state index in [1.807, 2.05) is 0 Å². The van der Waals surface area contributed by atoms with Crippen molar-refractivity contribution in [3.63, 3.8) is 0 Å². The highest BCUT2D eigenvalue weighted by Gasteiger charge is 2.27. The van der Waals surface area contributed by atoms with E-state index < -0.39 is 22.8 Å². The first-order valence-corrected chi connectivity index (χ1v) is 7.90. The molecule has 1 aliphatic heterocycles. The van der Waals surface area contributed by atoms with Crippen LogP contribution in [0.4, 0.5) is 10.1 Å². The van der Waals surface area contributed by atoms with Crippen LogP contribution in [0.2, 0.25) is 0 Å². The molecule has 2 N–H and O–H groups in total. The topological polar surface area (TPSA) is 113 Å². The standard InChI is InChI=1S/C16H17FN4O5/c1-8-7-26-15-12(18-3-4-20(2)19-25)11(17)5-9-13(15)21(8)6-10(14(9)22)16(23)24/h5-6,8,18H,3-4,7H2,1-2H3,(H,23,24)/t8-/m1/s1. The molecule has 0 fully saturated rings. The quantitative estimate of drug-likeness (QED) is 0.594. The van der Waals surface area contributed by atoms with E-state index in [1.54, 1.807) is 11.5 Å². The molecule has 2 heterocycles. The lowest BCUT2D eigenvalue weighted by Gasteiger charge is -2.28. The number of hydrogen-bond acceptors (Lipinski definition) is 6. The molecule has 0 aliphatic carbocycles. The number of ether oxygens (including phenoxy) is 1. The molecule has 138 valence electrons. The van der Waals surface area contributed by atoms with Crippen LogP contribution in [0.3, 0.4) is 0 Å². The Bertz CT molecular complexity index is 958. The normalized spacial score (nSPS) is 15.4. The van der Waals surface area contributed by atoms with Crippen molar-refractivity contribution >= 4 is 22.6 Å². The maximum atomic E-state index is 14.6. The number of halogens is 1. The van der Waals surface area contributed by atoms with Gasteiger partial charge in [0.1, 0.15) is 17.9 Å². The van der Waals surface area contributed by atoms with Gasteiger partial charge in [0.25, 0.3) is 0 Å². The summed E-state index contributed by atoms with van der Waals surface area (Å²) in [6, 6.07) is 0.780. The molecule has 0 spiro atoms. The van der Waals surface area contributed by atoms with E-state index in [9.17, 15) is 24.0 Å². The summed E-state index contributed by atoms with van der Waals surface area (Å²) in [7, 11) is 1.48. The number of benzene rings is 1. The van der Waals surface area contributed by atoms with Gasteiger partial charge in [-0.15, -0.1) is 4.91 Å². The van der Waals surface area contributed by atoms with Crippen LogP contribution < -0.4 is 15.5 Å². The van der Waals surface area contributed by atoms with Crippen molar-refractivity contribution in [3.05, 3.63) is 38.8 Å². The Hall–Kier alpha value is -3.17. The number of anilines is 1. The van der Waals surface area contributed by atoms with Gasteiger partial charge in [-0.05, 0) is 13.0 Å². The number of nitrogens with one attached hydrogen (secondary N) is 1. The smallest absolute Gasteiger partial charge is 0.341 e. The molecule has 9 nitrogen and oxygen atoms in total. The van der Waals surface area contributed by atoms with Crippen LogP contribution in [0.1, 0.15) is 23.3 Å². The van der Waals surface area contributed by atoms with E-state index in [-0.39, 0.29) is 42.6 Å². The van der Waals surface area contributed by atoms with Crippen molar-refractivity contribution in [2.45, 2.75) is 13.0 Å². The molecule has 0 amide bonds. The van der Waals surface area contributed by atoms with Crippen LogP contribution in [-0.4, -0.2) is 47.4 Å². The number of rotatable bonds is 6. The first-order chi connectivity index (χ1) is 12.3. The minimum Gasteiger partial charge on any atom is -0.487 e. The molecule has 0 bridgehead atoms. The summed E-state index contributed by atoms with van der Waals surface area (Å²) >= 11 is 0. The van der Waals surface area contributed by atoms with Crippen molar-refractivity contribution in [2.24, 2.45) is 5.29 Å². The summed E-state index contributed by atoms with van der Waals surface area (Å²) in [6.45, 7) is 2.45. The Morgan fingerprint density at radius 3 is 2.96 bits per heavy atom. The molecular weight excluding hydrogens is 347 g/mol. The second kappa shape index (κ2) is 6.62. The van der Waals surface area contributed by atoms with Crippen molar-refractivity contribution < 1.29 is 19.0 Å². The first-order valence-electron chi connectivity index (χ1n) is 7.90.